The van der Waals surface area contributed by atoms with E-state index >= 15 is 0 Å². The van der Waals surface area contributed by atoms with Gasteiger partial charge in [0.1, 0.15) is 0 Å². The van der Waals surface area contributed by atoms with Crippen LogP contribution in [0.2, 0.25) is 0 Å². The van der Waals surface area contributed by atoms with Crippen LogP contribution >= 0.6 is 0 Å². The minimum absolute atomic E-state index is 0.136. The predicted octanol–water partition coefficient (Wildman–Crippen LogP) is 1.80. The second-order valence-electron chi connectivity index (χ2n) is 4.48. The number of hydrogen-bond donors (Lipinski definition) is 2. The number of nitrogens with zero attached hydrogens (tertiary/aromatic N) is 1. The van der Waals surface area contributed by atoms with E-state index < -0.39 is 0 Å². The normalized spacial score (nSPS) is 24.0. The predicted molar refractivity (Wildman–Crippen MR) is 62.7 cm³/mol. The van der Waals surface area contributed by atoms with Gasteiger partial charge in [0.05, 0.1) is 12.2 Å². The van der Waals surface area contributed by atoms with Crippen molar-refractivity contribution in [3.63, 3.8) is 0 Å². The van der Waals surface area contributed by atoms with Gasteiger partial charge in [-0.1, -0.05) is 0 Å². The molecule has 1 heterocycles. The van der Waals surface area contributed by atoms with Crippen molar-refractivity contribution in [1.29, 1.82) is 0 Å². The first-order chi connectivity index (χ1) is 7.65. The van der Waals surface area contributed by atoms with Crippen LogP contribution in [0.4, 0.5) is 5.82 Å². The van der Waals surface area contributed by atoms with Crippen LogP contribution in [-0.2, 0) is 0 Å². The molecule has 1 aromatic heterocycles. The van der Waals surface area contributed by atoms with Crippen molar-refractivity contribution < 1.29 is 9.84 Å². The van der Waals surface area contributed by atoms with Crippen LogP contribution < -0.4 is 10.1 Å². The minimum atomic E-state index is -0.157. The molecule has 2 rings (SSSR count). The van der Waals surface area contributed by atoms with Crippen LogP contribution in [0.15, 0.2) is 18.3 Å². The third kappa shape index (κ3) is 2.64. The van der Waals surface area contributed by atoms with Gasteiger partial charge in [0.2, 0.25) is 0 Å². The Morgan fingerprint density at radius 1 is 1.50 bits per heavy atom. The van der Waals surface area contributed by atoms with Crippen molar-refractivity contribution in [1.82, 2.24) is 4.98 Å². The van der Waals surface area contributed by atoms with Crippen LogP contribution in [0.1, 0.15) is 26.7 Å². The molecule has 1 aliphatic rings. The lowest BCUT2D eigenvalue weighted by Gasteiger charge is -2.32. The number of hydrogen-bond acceptors (Lipinski definition) is 4. The molecule has 0 bridgehead atoms. The summed E-state index contributed by atoms with van der Waals surface area (Å²) in [5, 5.41) is 12.5. The maximum Gasteiger partial charge on any atom is 0.168 e. The second-order valence-corrected chi connectivity index (χ2v) is 4.48. The fourth-order valence-corrected chi connectivity index (χ4v) is 1.75. The van der Waals surface area contributed by atoms with E-state index in [0.717, 1.165) is 24.4 Å². The lowest BCUT2D eigenvalue weighted by molar-refractivity contribution is 0.0833. The number of aliphatic hydroxyl groups is 1. The molecule has 0 spiro atoms. The molecule has 4 heteroatoms. The first kappa shape index (κ1) is 11.2. The average Bonchev–Trinajstić information content (AvgIpc) is 2.17. The fourth-order valence-electron chi connectivity index (χ4n) is 1.75. The molecule has 0 aromatic carbocycles. The smallest absolute Gasteiger partial charge is 0.168 e. The third-order valence-electron chi connectivity index (χ3n) is 2.59. The molecule has 2 N–H and O–H groups in total. The van der Waals surface area contributed by atoms with Crippen LogP contribution in [0.5, 0.6) is 5.75 Å². The summed E-state index contributed by atoms with van der Waals surface area (Å²) in [6, 6.07) is 4.09. The van der Waals surface area contributed by atoms with Gasteiger partial charge in [-0.15, -0.1) is 0 Å². The number of pyridine rings is 1. The summed E-state index contributed by atoms with van der Waals surface area (Å²) < 4.78 is 5.65. The third-order valence-corrected chi connectivity index (χ3v) is 2.59. The van der Waals surface area contributed by atoms with Gasteiger partial charge in [-0.05, 0) is 38.8 Å². The maximum atomic E-state index is 9.22. The molecule has 0 atom stereocenters. The Bertz CT molecular complexity index is 349. The largest absolute Gasteiger partial charge is 0.487 e. The molecule has 4 nitrogen and oxygen atoms in total. The van der Waals surface area contributed by atoms with Crippen molar-refractivity contribution in [2.24, 2.45) is 0 Å². The zero-order valence-corrected chi connectivity index (χ0v) is 9.68. The first-order valence-electron chi connectivity index (χ1n) is 5.71. The van der Waals surface area contributed by atoms with Gasteiger partial charge in [-0.2, -0.15) is 0 Å². The summed E-state index contributed by atoms with van der Waals surface area (Å²) in [7, 11) is 0. The lowest BCUT2D eigenvalue weighted by Crippen LogP contribution is -2.39. The second kappa shape index (κ2) is 4.70. The number of aliphatic hydroxyl groups excluding tert-OH is 1. The summed E-state index contributed by atoms with van der Waals surface area (Å²) in [5.74, 6) is 1.55. The van der Waals surface area contributed by atoms with E-state index in [0.29, 0.717) is 6.04 Å². The monoisotopic (exact) mass is 222 g/mol. The molecule has 0 aliphatic heterocycles. The summed E-state index contributed by atoms with van der Waals surface area (Å²) in [4.78, 5) is 4.26. The van der Waals surface area contributed by atoms with Crippen LogP contribution in [-0.4, -0.2) is 28.3 Å². The molecule has 0 radical (unpaired) electrons. The summed E-state index contributed by atoms with van der Waals surface area (Å²) >= 11 is 0. The highest BCUT2D eigenvalue weighted by molar-refractivity contribution is 5.50. The number of rotatable bonds is 4. The van der Waals surface area contributed by atoms with Crippen LogP contribution in [0, 0.1) is 0 Å². The Kier molecular flexibility index (Phi) is 3.29. The van der Waals surface area contributed by atoms with Crippen molar-refractivity contribution in [2.45, 2.75) is 44.9 Å². The maximum absolute atomic E-state index is 9.22. The van der Waals surface area contributed by atoms with Gasteiger partial charge in [0.15, 0.2) is 11.6 Å². The molecule has 1 saturated carbocycles. The highest BCUT2D eigenvalue weighted by Crippen LogP contribution is 2.28. The minimum Gasteiger partial charge on any atom is -0.487 e. The standard InChI is InChI=1S/C12H18N2O2/c1-8(2)16-11-4-3-5-13-12(11)14-9-6-10(15)7-9/h3-5,8-10,15H,6-7H2,1-2H3,(H,13,14). The van der Waals surface area contributed by atoms with E-state index in [2.05, 4.69) is 10.3 Å². The average molecular weight is 222 g/mol. The molecular weight excluding hydrogens is 204 g/mol. The summed E-state index contributed by atoms with van der Waals surface area (Å²) in [5.41, 5.74) is 0. The van der Waals surface area contributed by atoms with E-state index in [1.807, 2.05) is 26.0 Å². The van der Waals surface area contributed by atoms with E-state index in [9.17, 15) is 5.11 Å². The van der Waals surface area contributed by atoms with Gasteiger partial charge in [0.25, 0.3) is 0 Å². The van der Waals surface area contributed by atoms with Crippen molar-refractivity contribution in [3.05, 3.63) is 18.3 Å². The molecule has 0 saturated heterocycles. The molecule has 88 valence electrons. The van der Waals surface area contributed by atoms with Crippen LogP contribution in [0.25, 0.3) is 0 Å². The highest BCUT2D eigenvalue weighted by Gasteiger charge is 2.27. The number of nitrogens with one attached hydrogen (secondary N) is 1. The van der Waals surface area contributed by atoms with Gasteiger partial charge in [-0.3, -0.25) is 0 Å². The van der Waals surface area contributed by atoms with Gasteiger partial charge in [-0.25, -0.2) is 4.98 Å². The quantitative estimate of drug-likeness (QED) is 0.815. The summed E-state index contributed by atoms with van der Waals surface area (Å²) in [6.45, 7) is 3.98. The van der Waals surface area contributed by atoms with Gasteiger partial charge >= 0.3 is 0 Å². The molecule has 0 amide bonds. The van der Waals surface area contributed by atoms with E-state index in [1.165, 1.54) is 0 Å². The summed E-state index contributed by atoms with van der Waals surface area (Å²) in [6.07, 6.45) is 3.30. The van der Waals surface area contributed by atoms with Crippen molar-refractivity contribution in [2.75, 3.05) is 5.32 Å². The zero-order chi connectivity index (χ0) is 11.5. The van der Waals surface area contributed by atoms with Gasteiger partial charge < -0.3 is 15.2 Å². The Labute approximate surface area is 95.7 Å². The molecule has 0 unspecified atom stereocenters. The SMILES string of the molecule is CC(C)Oc1cccnc1NC1CC(O)C1. The molecule has 16 heavy (non-hydrogen) atoms. The first-order valence-corrected chi connectivity index (χ1v) is 5.71. The number of anilines is 1. The van der Waals surface area contributed by atoms with Gasteiger partial charge in [0, 0.05) is 12.2 Å². The van der Waals surface area contributed by atoms with Crippen molar-refractivity contribution in [3.8, 4) is 5.75 Å². The van der Waals surface area contributed by atoms with Crippen LogP contribution in [0.3, 0.4) is 0 Å². The van der Waals surface area contributed by atoms with Crippen molar-refractivity contribution >= 4 is 5.82 Å². The molecule has 1 fully saturated rings. The Morgan fingerprint density at radius 2 is 2.25 bits per heavy atom. The number of aromatic nitrogens is 1. The molecular formula is C12H18N2O2. The molecule has 1 aromatic rings. The van der Waals surface area contributed by atoms with E-state index in [1.54, 1.807) is 6.20 Å². The Morgan fingerprint density at radius 3 is 2.88 bits per heavy atom. The van der Waals surface area contributed by atoms with E-state index in [4.69, 9.17) is 4.74 Å². The zero-order valence-electron chi connectivity index (χ0n) is 9.68. The fraction of sp³-hybridized carbons (Fsp3) is 0.583. The Hall–Kier alpha value is -1.29. The van der Waals surface area contributed by atoms with E-state index in [-0.39, 0.29) is 12.2 Å². The highest BCUT2D eigenvalue weighted by atomic mass is 16.5. The number of ether oxygens (including phenoxy) is 1. The Balaban J connectivity index is 2.01. The topological polar surface area (TPSA) is 54.4 Å². The lowest BCUT2D eigenvalue weighted by atomic mass is 9.89. The molecule has 1 aliphatic carbocycles.